The second-order valence-electron chi connectivity index (χ2n) is 7.25. The molecule has 0 saturated heterocycles. The maximum absolute atomic E-state index is 13.0. The van der Waals surface area contributed by atoms with Crippen molar-refractivity contribution in [2.45, 2.75) is 12.8 Å². The molecule has 0 aliphatic heterocycles. The molecule has 3 rings (SSSR count). The third-order valence-electron chi connectivity index (χ3n) is 4.86. The quantitative estimate of drug-likeness (QED) is 0.263. The summed E-state index contributed by atoms with van der Waals surface area (Å²) in [5.41, 5.74) is 0.873. The molecule has 2 amide bonds. The minimum Gasteiger partial charge on any atom is -0.497 e. The van der Waals surface area contributed by atoms with Gasteiger partial charge in [0.15, 0.2) is 6.61 Å². The predicted octanol–water partition coefficient (Wildman–Crippen LogP) is 4.23. The van der Waals surface area contributed by atoms with Crippen LogP contribution in [0.3, 0.4) is 0 Å². The van der Waals surface area contributed by atoms with Crippen LogP contribution in [0.25, 0.3) is 0 Å². The average molecular weight is 477 g/mol. The van der Waals surface area contributed by atoms with Gasteiger partial charge in [-0.2, -0.15) is 0 Å². The van der Waals surface area contributed by atoms with Crippen LogP contribution < -0.4 is 15.0 Å². The van der Waals surface area contributed by atoms with Gasteiger partial charge >= 0.3 is 5.97 Å². The van der Waals surface area contributed by atoms with Gasteiger partial charge in [-0.15, -0.1) is 0 Å². The number of benzene rings is 3. The van der Waals surface area contributed by atoms with Gasteiger partial charge in [0.1, 0.15) is 11.4 Å². The summed E-state index contributed by atoms with van der Waals surface area (Å²) in [7, 11) is 1.38. The Labute approximate surface area is 201 Å². The lowest BCUT2D eigenvalue weighted by atomic mass is 10.2. The molecule has 180 valence electrons. The molecular weight excluding hydrogens is 454 g/mol. The topological polar surface area (TPSA) is 128 Å². The van der Waals surface area contributed by atoms with Gasteiger partial charge in [-0.3, -0.25) is 29.4 Å². The van der Waals surface area contributed by atoms with E-state index in [1.807, 2.05) is 12.1 Å². The number of hydrogen-bond acceptors (Lipinski definition) is 7. The van der Waals surface area contributed by atoms with Crippen LogP contribution in [0.15, 0.2) is 78.9 Å². The molecule has 0 aliphatic carbocycles. The van der Waals surface area contributed by atoms with Crippen molar-refractivity contribution >= 4 is 40.5 Å². The van der Waals surface area contributed by atoms with E-state index in [-0.39, 0.29) is 30.1 Å². The molecule has 1 N–H and O–H groups in total. The van der Waals surface area contributed by atoms with Gasteiger partial charge in [-0.1, -0.05) is 36.4 Å². The monoisotopic (exact) mass is 477 g/mol. The zero-order chi connectivity index (χ0) is 25.2. The fraction of sp³-hybridized carbons (Fsp3) is 0.160. The Kier molecular flexibility index (Phi) is 8.49. The van der Waals surface area contributed by atoms with Crippen LogP contribution in [0.5, 0.6) is 5.75 Å². The molecule has 0 radical (unpaired) electrons. The summed E-state index contributed by atoms with van der Waals surface area (Å²) in [6, 6.07) is 21.9. The number of nitro benzene ring substituents is 1. The van der Waals surface area contributed by atoms with Crippen LogP contribution in [0.2, 0.25) is 0 Å². The molecule has 10 nitrogen and oxygen atoms in total. The molecule has 0 aromatic heterocycles. The lowest BCUT2D eigenvalue weighted by Crippen LogP contribution is -2.27. The average Bonchev–Trinajstić information content (AvgIpc) is 2.87. The predicted molar refractivity (Wildman–Crippen MR) is 129 cm³/mol. The van der Waals surface area contributed by atoms with Crippen molar-refractivity contribution < 1.29 is 28.8 Å². The first kappa shape index (κ1) is 24.9. The van der Waals surface area contributed by atoms with Crippen LogP contribution in [0.1, 0.15) is 12.8 Å². The number of anilines is 3. The van der Waals surface area contributed by atoms with Gasteiger partial charge in [-0.25, -0.2) is 0 Å². The second kappa shape index (κ2) is 11.9. The lowest BCUT2D eigenvalue weighted by Gasteiger charge is -2.23. The van der Waals surface area contributed by atoms with Crippen LogP contribution in [-0.4, -0.2) is 36.4 Å². The first-order valence-corrected chi connectivity index (χ1v) is 10.6. The van der Waals surface area contributed by atoms with Crippen molar-refractivity contribution in [1.82, 2.24) is 0 Å². The van der Waals surface area contributed by atoms with E-state index in [9.17, 15) is 24.5 Å². The molecule has 0 aliphatic rings. The van der Waals surface area contributed by atoms with Crippen molar-refractivity contribution in [1.29, 1.82) is 0 Å². The number of esters is 1. The standard InChI is InChI=1S/C25H23N3O7/c1-34-20-12-13-22(28(32)33)21(16-20)26-23(29)17-35-25(31)15-14-24(30)27(18-8-4-2-5-9-18)19-10-6-3-7-11-19/h2-13,16H,14-15,17H2,1H3,(H,26,29). The lowest BCUT2D eigenvalue weighted by molar-refractivity contribution is -0.383. The van der Waals surface area contributed by atoms with Crippen molar-refractivity contribution in [3.05, 3.63) is 89.0 Å². The number of carbonyl (C=O) groups excluding carboxylic acids is 3. The van der Waals surface area contributed by atoms with E-state index in [1.165, 1.54) is 30.2 Å². The number of methoxy groups -OCH3 is 1. The highest BCUT2D eigenvalue weighted by atomic mass is 16.6. The van der Waals surface area contributed by atoms with Crippen LogP contribution in [0.4, 0.5) is 22.7 Å². The molecule has 0 bridgehead atoms. The summed E-state index contributed by atoms with van der Waals surface area (Å²) in [6.07, 6.45) is -0.396. The zero-order valence-electron chi connectivity index (χ0n) is 18.9. The first-order chi connectivity index (χ1) is 16.9. The molecule has 0 atom stereocenters. The molecule has 0 heterocycles. The first-order valence-electron chi connectivity index (χ1n) is 10.6. The van der Waals surface area contributed by atoms with Crippen LogP contribution >= 0.6 is 0 Å². The molecule has 0 fully saturated rings. The minimum atomic E-state index is -0.767. The number of hydrogen-bond donors (Lipinski definition) is 1. The van der Waals surface area contributed by atoms with Crippen LogP contribution in [0, 0.1) is 10.1 Å². The normalized spacial score (nSPS) is 10.2. The van der Waals surface area contributed by atoms with Gasteiger partial charge < -0.3 is 14.8 Å². The number of ether oxygens (including phenoxy) is 2. The van der Waals surface area contributed by atoms with E-state index < -0.39 is 23.4 Å². The molecular formula is C25H23N3O7. The summed E-state index contributed by atoms with van der Waals surface area (Å²) in [5, 5.41) is 13.5. The largest absolute Gasteiger partial charge is 0.497 e. The van der Waals surface area contributed by atoms with Gasteiger partial charge in [-0.05, 0) is 30.3 Å². The SMILES string of the molecule is COc1ccc([N+](=O)[O-])c(NC(=O)COC(=O)CCC(=O)N(c2ccccc2)c2ccccc2)c1. The van der Waals surface area contributed by atoms with Gasteiger partial charge in [0.2, 0.25) is 5.91 Å². The second-order valence-corrected chi connectivity index (χ2v) is 7.25. The molecule has 35 heavy (non-hydrogen) atoms. The Morgan fingerprint density at radius 2 is 1.51 bits per heavy atom. The maximum Gasteiger partial charge on any atom is 0.306 e. The van der Waals surface area contributed by atoms with E-state index in [0.29, 0.717) is 17.1 Å². The highest BCUT2D eigenvalue weighted by molar-refractivity contribution is 6.01. The number of nitrogens with one attached hydrogen (secondary N) is 1. The molecule has 0 spiro atoms. The fourth-order valence-electron chi connectivity index (χ4n) is 3.22. The fourth-order valence-corrected chi connectivity index (χ4v) is 3.22. The summed E-state index contributed by atoms with van der Waals surface area (Å²) >= 11 is 0. The number of carbonyl (C=O) groups is 3. The van der Waals surface area contributed by atoms with E-state index in [0.717, 1.165) is 0 Å². The summed E-state index contributed by atoms with van der Waals surface area (Å²) in [4.78, 5) is 49.3. The van der Waals surface area contributed by atoms with Gasteiger partial charge in [0.25, 0.3) is 11.6 Å². The van der Waals surface area contributed by atoms with E-state index >= 15 is 0 Å². The molecule has 0 saturated carbocycles. The Morgan fingerprint density at radius 1 is 0.914 bits per heavy atom. The Morgan fingerprint density at radius 3 is 2.06 bits per heavy atom. The molecule has 0 unspecified atom stereocenters. The highest BCUT2D eigenvalue weighted by Crippen LogP contribution is 2.29. The highest BCUT2D eigenvalue weighted by Gasteiger charge is 2.21. The summed E-state index contributed by atoms with van der Waals surface area (Å²) in [6.45, 7) is -0.664. The van der Waals surface area contributed by atoms with Gasteiger partial charge in [0.05, 0.1) is 18.5 Å². The zero-order valence-corrected chi connectivity index (χ0v) is 18.9. The number of nitro groups is 1. The van der Waals surface area contributed by atoms with E-state index in [1.54, 1.807) is 48.5 Å². The number of amides is 2. The number of para-hydroxylation sites is 2. The Bertz CT molecular complexity index is 1160. The maximum atomic E-state index is 13.0. The smallest absolute Gasteiger partial charge is 0.306 e. The van der Waals surface area contributed by atoms with Crippen molar-refractivity contribution in [2.24, 2.45) is 0 Å². The molecule has 3 aromatic carbocycles. The minimum absolute atomic E-state index is 0.0908. The Balaban J connectivity index is 1.57. The van der Waals surface area contributed by atoms with Crippen molar-refractivity contribution in [3.63, 3.8) is 0 Å². The van der Waals surface area contributed by atoms with Crippen LogP contribution in [-0.2, 0) is 19.1 Å². The Hall–Kier alpha value is -4.73. The third-order valence-corrected chi connectivity index (χ3v) is 4.86. The van der Waals surface area contributed by atoms with E-state index in [4.69, 9.17) is 9.47 Å². The summed E-state index contributed by atoms with van der Waals surface area (Å²) < 4.78 is 9.96. The van der Waals surface area contributed by atoms with Crippen molar-refractivity contribution in [2.75, 3.05) is 23.9 Å². The molecule has 3 aromatic rings. The summed E-state index contributed by atoms with van der Waals surface area (Å²) in [5.74, 6) is -1.54. The van der Waals surface area contributed by atoms with E-state index in [2.05, 4.69) is 5.32 Å². The third kappa shape index (κ3) is 6.87. The molecule has 10 heteroatoms. The van der Waals surface area contributed by atoms with Crippen molar-refractivity contribution in [3.8, 4) is 5.75 Å². The van der Waals surface area contributed by atoms with Gasteiger partial charge in [0, 0.05) is 29.9 Å². The number of nitrogens with zero attached hydrogens (tertiary/aromatic N) is 2. The number of rotatable bonds is 10.